The second-order valence-corrected chi connectivity index (χ2v) is 6.09. The summed E-state index contributed by atoms with van der Waals surface area (Å²) in [5.74, 6) is 0.406. The Balaban J connectivity index is 2.01. The van der Waals surface area contributed by atoms with Crippen molar-refractivity contribution in [2.45, 2.75) is 11.0 Å². The van der Waals surface area contributed by atoms with Crippen LogP contribution in [0.15, 0.2) is 17.2 Å². The largest absolute Gasteiger partial charge is 0.374 e. The van der Waals surface area contributed by atoms with Gasteiger partial charge in [0.25, 0.3) is 0 Å². The number of rotatable bonds is 4. The van der Waals surface area contributed by atoms with Crippen molar-refractivity contribution in [1.82, 2.24) is 10.3 Å². The van der Waals surface area contributed by atoms with Crippen molar-refractivity contribution < 1.29 is 13.2 Å². The van der Waals surface area contributed by atoms with E-state index in [2.05, 4.69) is 15.6 Å². The lowest BCUT2D eigenvalue weighted by Crippen LogP contribution is -2.42. The van der Waals surface area contributed by atoms with Gasteiger partial charge in [0.05, 0.1) is 17.7 Å². The molecule has 1 aromatic rings. The Kier molecular flexibility index (Phi) is 4.58. The van der Waals surface area contributed by atoms with Gasteiger partial charge in [-0.05, 0) is 6.07 Å². The van der Waals surface area contributed by atoms with E-state index in [1.807, 2.05) is 0 Å². The van der Waals surface area contributed by atoms with Crippen LogP contribution in [0, 0.1) is 0 Å². The third kappa shape index (κ3) is 4.02. The van der Waals surface area contributed by atoms with Crippen molar-refractivity contribution >= 4 is 27.4 Å². The predicted octanol–water partition coefficient (Wildman–Crippen LogP) is -0.217. The van der Waals surface area contributed by atoms with Gasteiger partial charge in [0.2, 0.25) is 10.0 Å². The molecule has 0 saturated carbocycles. The van der Waals surface area contributed by atoms with Crippen molar-refractivity contribution in [2.24, 2.45) is 5.14 Å². The van der Waals surface area contributed by atoms with E-state index in [9.17, 15) is 8.42 Å². The Labute approximate surface area is 116 Å². The summed E-state index contributed by atoms with van der Waals surface area (Å²) in [5, 5.41) is 11.4. The quantitative estimate of drug-likeness (QED) is 0.710. The maximum atomic E-state index is 11.1. The zero-order chi connectivity index (χ0) is 13.9. The van der Waals surface area contributed by atoms with E-state index >= 15 is 0 Å². The van der Waals surface area contributed by atoms with Crippen molar-refractivity contribution in [3.05, 3.63) is 17.3 Å². The Hall–Kier alpha value is -0.930. The van der Waals surface area contributed by atoms with Crippen LogP contribution in [0.1, 0.15) is 0 Å². The van der Waals surface area contributed by atoms with Crippen molar-refractivity contribution in [2.75, 3.05) is 31.6 Å². The maximum absolute atomic E-state index is 11.1. The van der Waals surface area contributed by atoms with Crippen LogP contribution in [0.25, 0.3) is 0 Å². The molecule has 0 aromatic carbocycles. The molecule has 9 heteroatoms. The van der Waals surface area contributed by atoms with Gasteiger partial charge in [0, 0.05) is 25.8 Å². The monoisotopic (exact) mass is 306 g/mol. The molecule has 1 unspecified atom stereocenters. The second-order valence-electron chi connectivity index (χ2n) is 4.12. The van der Waals surface area contributed by atoms with Crippen LogP contribution in [0.2, 0.25) is 5.02 Å². The number of hydrogen-bond donors (Lipinski definition) is 3. The number of ether oxygens (including phenoxy) is 1. The molecule has 1 atom stereocenters. The summed E-state index contributed by atoms with van der Waals surface area (Å²) >= 11 is 5.95. The fourth-order valence-corrected chi connectivity index (χ4v) is 2.45. The molecule has 1 saturated heterocycles. The lowest BCUT2D eigenvalue weighted by atomic mass is 10.3. The van der Waals surface area contributed by atoms with Crippen LogP contribution in [-0.2, 0) is 14.8 Å². The number of primary sulfonamides is 1. The number of aromatic nitrogens is 1. The molecule has 1 aromatic heterocycles. The highest BCUT2D eigenvalue weighted by atomic mass is 35.5. The summed E-state index contributed by atoms with van der Waals surface area (Å²) < 4.78 is 27.8. The van der Waals surface area contributed by atoms with Gasteiger partial charge in [-0.15, -0.1) is 0 Å². The number of nitrogens with two attached hydrogens (primary N) is 1. The van der Waals surface area contributed by atoms with Crippen LogP contribution < -0.4 is 15.8 Å². The van der Waals surface area contributed by atoms with E-state index < -0.39 is 10.0 Å². The van der Waals surface area contributed by atoms with Crippen molar-refractivity contribution in [3.8, 4) is 0 Å². The van der Waals surface area contributed by atoms with E-state index in [1.54, 1.807) is 0 Å². The van der Waals surface area contributed by atoms with E-state index in [0.717, 1.165) is 13.1 Å². The highest BCUT2D eigenvalue weighted by Gasteiger charge is 2.15. The highest BCUT2D eigenvalue weighted by Crippen LogP contribution is 2.21. The Morgan fingerprint density at radius 2 is 2.42 bits per heavy atom. The second kappa shape index (κ2) is 6.02. The van der Waals surface area contributed by atoms with Crippen LogP contribution in [0.4, 0.5) is 5.82 Å². The third-order valence-corrected chi connectivity index (χ3v) is 3.81. The van der Waals surface area contributed by atoms with E-state index in [0.29, 0.717) is 19.0 Å². The van der Waals surface area contributed by atoms with Crippen LogP contribution in [-0.4, -0.2) is 45.7 Å². The third-order valence-electron chi connectivity index (χ3n) is 2.65. The van der Waals surface area contributed by atoms with Gasteiger partial charge in [-0.1, -0.05) is 11.6 Å². The fraction of sp³-hybridized carbons (Fsp3) is 0.500. The molecule has 19 heavy (non-hydrogen) atoms. The molecule has 2 rings (SSSR count). The molecule has 0 bridgehead atoms. The number of nitrogens with zero attached hydrogens (tertiary/aromatic N) is 1. The average molecular weight is 307 g/mol. The molecule has 2 heterocycles. The van der Waals surface area contributed by atoms with Gasteiger partial charge in [-0.3, -0.25) is 0 Å². The first-order valence-corrected chi connectivity index (χ1v) is 7.64. The summed E-state index contributed by atoms with van der Waals surface area (Å²) in [6, 6.07) is 1.27. The molecule has 0 radical (unpaired) electrons. The Morgan fingerprint density at radius 1 is 1.63 bits per heavy atom. The molecule has 1 aliphatic heterocycles. The maximum Gasteiger partial charge on any atom is 0.239 e. The van der Waals surface area contributed by atoms with Crippen LogP contribution in [0.3, 0.4) is 0 Å². The SMILES string of the molecule is NS(=O)(=O)c1cnc(NCC2CNCCO2)c(Cl)c1. The first kappa shape index (κ1) is 14.5. The highest BCUT2D eigenvalue weighted by molar-refractivity contribution is 7.89. The number of nitrogens with one attached hydrogen (secondary N) is 2. The number of sulfonamides is 1. The Morgan fingerprint density at radius 3 is 3.00 bits per heavy atom. The van der Waals surface area contributed by atoms with E-state index in [4.69, 9.17) is 21.5 Å². The zero-order valence-electron chi connectivity index (χ0n) is 10.1. The smallest absolute Gasteiger partial charge is 0.239 e. The fourth-order valence-electron chi connectivity index (χ4n) is 1.67. The molecule has 1 fully saturated rings. The van der Waals surface area contributed by atoms with Gasteiger partial charge < -0.3 is 15.4 Å². The normalized spacial score (nSPS) is 20.2. The molecular weight excluding hydrogens is 292 g/mol. The van der Waals surface area contributed by atoms with Crippen molar-refractivity contribution in [1.29, 1.82) is 0 Å². The minimum Gasteiger partial charge on any atom is -0.374 e. The molecular formula is C10H15ClN4O3S. The number of halogens is 1. The molecule has 106 valence electrons. The van der Waals surface area contributed by atoms with Gasteiger partial charge in [-0.2, -0.15) is 0 Å². The summed E-state index contributed by atoms with van der Waals surface area (Å²) in [6.45, 7) is 2.80. The average Bonchev–Trinajstić information content (AvgIpc) is 2.37. The Bertz CT molecular complexity index is 546. The van der Waals surface area contributed by atoms with Crippen molar-refractivity contribution in [3.63, 3.8) is 0 Å². The van der Waals surface area contributed by atoms with Crippen LogP contribution >= 0.6 is 11.6 Å². The molecule has 7 nitrogen and oxygen atoms in total. The number of morpholine rings is 1. The minimum atomic E-state index is -3.79. The molecule has 4 N–H and O–H groups in total. The first-order chi connectivity index (χ1) is 8.97. The summed E-state index contributed by atoms with van der Waals surface area (Å²) in [6.07, 6.45) is 1.20. The number of pyridine rings is 1. The molecule has 0 aliphatic carbocycles. The molecule has 1 aliphatic rings. The summed E-state index contributed by atoms with van der Waals surface area (Å²) in [7, 11) is -3.79. The van der Waals surface area contributed by atoms with Gasteiger partial charge >= 0.3 is 0 Å². The first-order valence-electron chi connectivity index (χ1n) is 5.71. The lowest BCUT2D eigenvalue weighted by molar-refractivity contribution is 0.0372. The van der Waals surface area contributed by atoms with E-state index in [1.165, 1.54) is 12.3 Å². The van der Waals surface area contributed by atoms with Gasteiger partial charge in [0.1, 0.15) is 10.7 Å². The zero-order valence-corrected chi connectivity index (χ0v) is 11.7. The predicted molar refractivity (Wildman–Crippen MR) is 71.7 cm³/mol. The molecule has 0 amide bonds. The van der Waals surface area contributed by atoms with Crippen LogP contribution in [0.5, 0.6) is 0 Å². The molecule has 0 spiro atoms. The number of hydrogen-bond acceptors (Lipinski definition) is 6. The minimum absolute atomic E-state index is 0.0320. The standard InChI is InChI=1S/C10H15ClN4O3S/c11-9-3-8(19(12,16)17)6-15-10(9)14-5-7-4-13-1-2-18-7/h3,6-7,13H,1-2,4-5H2,(H,14,15)(H2,12,16,17). The lowest BCUT2D eigenvalue weighted by Gasteiger charge is -2.24. The summed E-state index contributed by atoms with van der Waals surface area (Å²) in [4.78, 5) is 3.84. The number of anilines is 1. The topological polar surface area (TPSA) is 106 Å². The summed E-state index contributed by atoms with van der Waals surface area (Å²) in [5.41, 5.74) is 0. The van der Waals surface area contributed by atoms with Gasteiger partial charge in [-0.25, -0.2) is 18.5 Å². The van der Waals surface area contributed by atoms with E-state index in [-0.39, 0.29) is 16.0 Å². The van der Waals surface area contributed by atoms with Gasteiger partial charge in [0.15, 0.2) is 0 Å².